The van der Waals surface area contributed by atoms with Gasteiger partial charge in [0.1, 0.15) is 6.04 Å². The molecule has 1 aromatic heterocycles. The molecule has 1 saturated heterocycles. The largest absolute Gasteiger partial charge is 0.480 e. The summed E-state index contributed by atoms with van der Waals surface area (Å²) in [6.07, 6.45) is 3.01. The molecule has 0 saturated carbocycles. The molecule has 106 valence electrons. The third kappa shape index (κ3) is 2.80. The molecule has 0 bridgehead atoms. The minimum atomic E-state index is -3.46. The van der Waals surface area contributed by atoms with Gasteiger partial charge in [-0.1, -0.05) is 0 Å². The lowest BCUT2D eigenvalue weighted by Gasteiger charge is -2.35. The fraction of sp³-hybridized carbons (Fsp3) is 0.545. The third-order valence-corrected chi connectivity index (χ3v) is 5.28. The van der Waals surface area contributed by atoms with Crippen LogP contribution in [0, 0.1) is 0 Å². The highest BCUT2D eigenvalue weighted by atomic mass is 32.2. The molecule has 1 atom stereocenters. The van der Waals surface area contributed by atoms with Gasteiger partial charge in [-0.3, -0.25) is 9.69 Å². The van der Waals surface area contributed by atoms with Gasteiger partial charge < -0.3 is 10.1 Å². The van der Waals surface area contributed by atoms with Crippen LogP contribution in [0.1, 0.15) is 6.92 Å². The highest BCUT2D eigenvalue weighted by Gasteiger charge is 2.31. The second-order valence-corrected chi connectivity index (χ2v) is 6.44. The van der Waals surface area contributed by atoms with Gasteiger partial charge in [0.2, 0.25) is 10.0 Å². The van der Waals surface area contributed by atoms with Gasteiger partial charge in [-0.05, 0) is 13.0 Å². The molecule has 19 heavy (non-hydrogen) atoms. The van der Waals surface area contributed by atoms with Gasteiger partial charge in [0.25, 0.3) is 0 Å². The first-order chi connectivity index (χ1) is 8.93. The Bertz CT molecular complexity index is 532. The fourth-order valence-electron chi connectivity index (χ4n) is 2.11. The summed E-state index contributed by atoms with van der Waals surface area (Å²) in [5, 5.41) is 8.93. The molecular weight excluding hydrogens is 270 g/mol. The zero-order valence-electron chi connectivity index (χ0n) is 10.6. The van der Waals surface area contributed by atoms with E-state index >= 15 is 0 Å². The number of H-pyrrole nitrogens is 1. The van der Waals surface area contributed by atoms with Crippen LogP contribution in [0.5, 0.6) is 0 Å². The summed E-state index contributed by atoms with van der Waals surface area (Å²) in [5.41, 5.74) is 0. The van der Waals surface area contributed by atoms with Gasteiger partial charge >= 0.3 is 5.97 Å². The molecule has 8 heteroatoms. The Morgan fingerprint density at radius 3 is 2.47 bits per heavy atom. The van der Waals surface area contributed by atoms with Crippen molar-refractivity contribution >= 4 is 16.0 Å². The van der Waals surface area contributed by atoms with E-state index in [2.05, 4.69) is 4.98 Å². The summed E-state index contributed by atoms with van der Waals surface area (Å²) < 4.78 is 25.8. The summed E-state index contributed by atoms with van der Waals surface area (Å²) >= 11 is 0. The first kappa shape index (κ1) is 14.0. The van der Waals surface area contributed by atoms with E-state index in [0.29, 0.717) is 26.2 Å². The number of carbonyl (C=O) groups is 1. The number of sulfonamides is 1. The van der Waals surface area contributed by atoms with Crippen molar-refractivity contribution in [3.8, 4) is 0 Å². The Balaban J connectivity index is 2.03. The molecule has 1 unspecified atom stereocenters. The van der Waals surface area contributed by atoms with Crippen molar-refractivity contribution < 1.29 is 18.3 Å². The fourth-order valence-corrected chi connectivity index (χ4v) is 3.50. The van der Waals surface area contributed by atoms with E-state index < -0.39 is 22.0 Å². The maximum absolute atomic E-state index is 12.2. The second kappa shape index (κ2) is 5.32. The maximum Gasteiger partial charge on any atom is 0.320 e. The summed E-state index contributed by atoms with van der Waals surface area (Å²) in [4.78, 5) is 15.6. The van der Waals surface area contributed by atoms with Gasteiger partial charge in [-0.25, -0.2) is 8.42 Å². The Morgan fingerprint density at radius 2 is 2.00 bits per heavy atom. The molecule has 2 rings (SSSR count). The van der Waals surface area contributed by atoms with Gasteiger partial charge in [0, 0.05) is 38.6 Å². The number of aliphatic carboxylic acids is 1. The molecule has 2 N–H and O–H groups in total. The second-order valence-electron chi connectivity index (χ2n) is 4.50. The zero-order valence-corrected chi connectivity index (χ0v) is 11.4. The number of piperazine rings is 1. The van der Waals surface area contributed by atoms with Gasteiger partial charge in [-0.2, -0.15) is 4.31 Å². The predicted molar refractivity (Wildman–Crippen MR) is 68.2 cm³/mol. The van der Waals surface area contributed by atoms with Crippen molar-refractivity contribution in [2.75, 3.05) is 26.2 Å². The van der Waals surface area contributed by atoms with Crippen molar-refractivity contribution in [3.05, 3.63) is 18.5 Å². The predicted octanol–water partition coefficient (Wildman–Crippen LogP) is -0.206. The summed E-state index contributed by atoms with van der Waals surface area (Å²) in [6, 6.07) is 0.929. The SMILES string of the molecule is CC(C(=O)O)N1CCN(S(=O)(=O)c2cc[nH]c2)CC1. The number of nitrogens with zero attached hydrogens (tertiary/aromatic N) is 2. The minimum absolute atomic E-state index is 0.243. The lowest BCUT2D eigenvalue weighted by Crippen LogP contribution is -2.52. The smallest absolute Gasteiger partial charge is 0.320 e. The van der Waals surface area contributed by atoms with Crippen LogP contribution in [0.3, 0.4) is 0 Å². The van der Waals surface area contributed by atoms with Crippen LogP contribution in [0.25, 0.3) is 0 Å². The molecule has 0 aliphatic carbocycles. The molecule has 0 radical (unpaired) electrons. The first-order valence-electron chi connectivity index (χ1n) is 6.02. The van der Waals surface area contributed by atoms with Crippen molar-refractivity contribution in [2.45, 2.75) is 17.9 Å². The van der Waals surface area contributed by atoms with Crippen LogP contribution in [-0.2, 0) is 14.8 Å². The topological polar surface area (TPSA) is 93.7 Å². The van der Waals surface area contributed by atoms with Crippen LogP contribution in [-0.4, -0.2) is 65.9 Å². The highest BCUT2D eigenvalue weighted by Crippen LogP contribution is 2.17. The van der Waals surface area contributed by atoms with Crippen LogP contribution in [0.2, 0.25) is 0 Å². The first-order valence-corrected chi connectivity index (χ1v) is 7.46. The highest BCUT2D eigenvalue weighted by molar-refractivity contribution is 7.89. The third-order valence-electron chi connectivity index (χ3n) is 3.39. The van der Waals surface area contributed by atoms with E-state index in [-0.39, 0.29) is 4.90 Å². The average Bonchev–Trinajstić information content (AvgIpc) is 2.92. The van der Waals surface area contributed by atoms with Crippen LogP contribution >= 0.6 is 0 Å². The maximum atomic E-state index is 12.2. The number of nitrogens with one attached hydrogen (secondary N) is 1. The molecule has 1 aliphatic rings. The van der Waals surface area contributed by atoms with E-state index in [4.69, 9.17) is 5.11 Å². The number of aromatic amines is 1. The Hall–Kier alpha value is -1.38. The molecule has 2 heterocycles. The van der Waals surface area contributed by atoms with Crippen LogP contribution in [0.15, 0.2) is 23.4 Å². The number of carboxylic acids is 1. The number of carboxylic acid groups (broad SMARTS) is 1. The van der Waals surface area contributed by atoms with E-state index in [0.717, 1.165) is 0 Å². The normalized spacial score (nSPS) is 20.3. The van der Waals surface area contributed by atoms with Crippen molar-refractivity contribution in [1.29, 1.82) is 0 Å². The van der Waals surface area contributed by atoms with Crippen molar-refractivity contribution in [3.63, 3.8) is 0 Å². The summed E-state index contributed by atoms with van der Waals surface area (Å²) in [5.74, 6) is -0.887. The Labute approximate surface area is 111 Å². The lowest BCUT2D eigenvalue weighted by atomic mass is 10.2. The van der Waals surface area contributed by atoms with E-state index in [1.807, 2.05) is 0 Å². The number of aromatic nitrogens is 1. The molecule has 1 fully saturated rings. The number of hydrogen-bond acceptors (Lipinski definition) is 4. The lowest BCUT2D eigenvalue weighted by molar-refractivity contribution is -0.143. The van der Waals surface area contributed by atoms with Crippen LogP contribution in [0.4, 0.5) is 0 Å². The van der Waals surface area contributed by atoms with Gasteiger partial charge in [0.05, 0.1) is 4.90 Å². The van der Waals surface area contributed by atoms with E-state index in [1.165, 1.54) is 16.6 Å². The van der Waals surface area contributed by atoms with E-state index in [1.54, 1.807) is 18.0 Å². The van der Waals surface area contributed by atoms with E-state index in [9.17, 15) is 13.2 Å². The Morgan fingerprint density at radius 1 is 1.37 bits per heavy atom. The monoisotopic (exact) mass is 287 g/mol. The molecule has 0 aromatic carbocycles. The molecule has 7 nitrogen and oxygen atoms in total. The quantitative estimate of drug-likeness (QED) is 0.799. The molecular formula is C11H17N3O4S. The zero-order chi connectivity index (χ0) is 14.0. The van der Waals surface area contributed by atoms with Gasteiger partial charge in [-0.15, -0.1) is 0 Å². The minimum Gasteiger partial charge on any atom is -0.480 e. The van der Waals surface area contributed by atoms with Gasteiger partial charge in [0.15, 0.2) is 0 Å². The molecule has 0 spiro atoms. The standard InChI is InChI=1S/C11H17N3O4S/c1-9(11(15)16)13-4-6-14(7-5-13)19(17,18)10-2-3-12-8-10/h2-3,8-9,12H,4-7H2,1H3,(H,15,16). The van der Waals surface area contributed by atoms with Crippen molar-refractivity contribution in [2.24, 2.45) is 0 Å². The molecule has 1 aliphatic heterocycles. The number of rotatable bonds is 4. The summed E-state index contributed by atoms with van der Waals surface area (Å²) in [6.45, 7) is 3.09. The van der Waals surface area contributed by atoms with Crippen LogP contribution < -0.4 is 0 Å². The molecule has 1 aromatic rings. The average molecular weight is 287 g/mol. The number of hydrogen-bond donors (Lipinski definition) is 2. The summed E-state index contributed by atoms with van der Waals surface area (Å²) in [7, 11) is -3.46. The molecule has 0 amide bonds. The Kier molecular flexibility index (Phi) is 3.93. The van der Waals surface area contributed by atoms with Crippen molar-refractivity contribution in [1.82, 2.24) is 14.2 Å².